The molecule has 1 saturated heterocycles. The number of halogens is 2. The molecule has 1 aliphatic heterocycles. The Kier molecular flexibility index (Phi) is 3.24. The van der Waals surface area contributed by atoms with Crippen molar-refractivity contribution >= 4 is 0 Å². The molecule has 3 heteroatoms. The van der Waals surface area contributed by atoms with Gasteiger partial charge in [0.15, 0.2) is 0 Å². The first kappa shape index (κ1) is 8.91. The Morgan fingerprint density at radius 3 is 2.55 bits per heavy atom. The van der Waals surface area contributed by atoms with E-state index in [1.165, 1.54) is 0 Å². The molecule has 0 aromatic heterocycles. The third-order valence-corrected chi connectivity index (χ3v) is 2.17. The van der Waals surface area contributed by atoms with Crippen LogP contribution in [0, 0.1) is 5.92 Å². The second kappa shape index (κ2) is 4.00. The quantitative estimate of drug-likeness (QED) is 0.612. The number of hydrogen-bond acceptors (Lipinski definition) is 1. The SMILES string of the molecule is CCCCN1CC(C(F)F)C1. The molecular formula is C8H15F2N. The highest BCUT2D eigenvalue weighted by atomic mass is 19.3. The highest BCUT2D eigenvalue weighted by molar-refractivity contribution is 4.80. The Morgan fingerprint density at radius 2 is 2.09 bits per heavy atom. The molecule has 1 nitrogen and oxygen atoms in total. The van der Waals surface area contributed by atoms with Crippen LogP contribution in [-0.4, -0.2) is 31.0 Å². The van der Waals surface area contributed by atoms with Gasteiger partial charge in [-0.2, -0.15) is 0 Å². The van der Waals surface area contributed by atoms with E-state index in [2.05, 4.69) is 11.8 Å². The predicted molar refractivity (Wildman–Crippen MR) is 40.8 cm³/mol. The zero-order chi connectivity index (χ0) is 8.27. The fourth-order valence-electron chi connectivity index (χ4n) is 1.33. The maximum absolute atomic E-state index is 11.9. The van der Waals surface area contributed by atoms with E-state index in [-0.39, 0.29) is 5.92 Å². The lowest BCUT2D eigenvalue weighted by atomic mass is 10.0. The second-order valence-corrected chi connectivity index (χ2v) is 3.21. The van der Waals surface area contributed by atoms with Gasteiger partial charge in [0.25, 0.3) is 0 Å². The average Bonchev–Trinajstić information content (AvgIpc) is 1.84. The van der Waals surface area contributed by atoms with Gasteiger partial charge >= 0.3 is 0 Å². The first-order chi connectivity index (χ1) is 5.24. The van der Waals surface area contributed by atoms with E-state index in [4.69, 9.17) is 0 Å². The first-order valence-corrected chi connectivity index (χ1v) is 4.24. The maximum Gasteiger partial charge on any atom is 0.243 e. The van der Waals surface area contributed by atoms with Crippen molar-refractivity contribution < 1.29 is 8.78 Å². The van der Waals surface area contributed by atoms with Gasteiger partial charge in [-0.3, -0.25) is 0 Å². The average molecular weight is 163 g/mol. The topological polar surface area (TPSA) is 3.24 Å². The van der Waals surface area contributed by atoms with Crippen LogP contribution in [0.15, 0.2) is 0 Å². The first-order valence-electron chi connectivity index (χ1n) is 4.24. The molecule has 66 valence electrons. The summed E-state index contributed by atoms with van der Waals surface area (Å²) in [6.45, 7) is 4.33. The van der Waals surface area contributed by atoms with Crippen LogP contribution in [0.4, 0.5) is 8.78 Å². The van der Waals surface area contributed by atoms with E-state index < -0.39 is 6.43 Å². The van der Waals surface area contributed by atoms with E-state index in [9.17, 15) is 8.78 Å². The molecule has 1 rings (SSSR count). The Labute approximate surface area is 66.4 Å². The number of nitrogens with zero attached hydrogens (tertiary/aromatic N) is 1. The summed E-state index contributed by atoms with van der Waals surface area (Å²) in [6, 6.07) is 0. The molecule has 0 amide bonds. The fourth-order valence-corrected chi connectivity index (χ4v) is 1.33. The summed E-state index contributed by atoms with van der Waals surface area (Å²) < 4.78 is 23.9. The molecular weight excluding hydrogens is 148 g/mol. The summed E-state index contributed by atoms with van der Waals surface area (Å²) in [5, 5.41) is 0. The third kappa shape index (κ3) is 2.40. The van der Waals surface area contributed by atoms with Gasteiger partial charge in [-0.15, -0.1) is 0 Å². The molecule has 11 heavy (non-hydrogen) atoms. The summed E-state index contributed by atoms with van der Waals surface area (Å²) in [5.41, 5.74) is 0. The van der Waals surface area contributed by atoms with Crippen LogP contribution in [0.1, 0.15) is 19.8 Å². The Hall–Kier alpha value is -0.180. The van der Waals surface area contributed by atoms with Gasteiger partial charge in [0, 0.05) is 19.0 Å². The molecule has 0 aromatic rings. The minimum atomic E-state index is -2.10. The summed E-state index contributed by atoms with van der Waals surface area (Å²) in [4.78, 5) is 2.10. The monoisotopic (exact) mass is 163 g/mol. The normalized spacial score (nSPS) is 20.7. The molecule has 0 unspecified atom stereocenters. The fraction of sp³-hybridized carbons (Fsp3) is 1.00. The van der Waals surface area contributed by atoms with Gasteiger partial charge in [0.2, 0.25) is 6.43 Å². The smallest absolute Gasteiger partial charge is 0.243 e. The van der Waals surface area contributed by atoms with Crippen LogP contribution in [0.2, 0.25) is 0 Å². The van der Waals surface area contributed by atoms with Crippen molar-refractivity contribution in [1.29, 1.82) is 0 Å². The molecule has 0 atom stereocenters. The minimum absolute atomic E-state index is 0.341. The third-order valence-electron chi connectivity index (χ3n) is 2.17. The van der Waals surface area contributed by atoms with E-state index in [1.807, 2.05) is 0 Å². The standard InChI is InChI=1S/C8H15F2N/c1-2-3-4-11-5-7(6-11)8(9)10/h7-8H,2-6H2,1H3. The van der Waals surface area contributed by atoms with Gasteiger partial charge in [-0.25, -0.2) is 8.78 Å². The molecule has 0 aromatic carbocycles. The van der Waals surface area contributed by atoms with Gasteiger partial charge in [-0.1, -0.05) is 13.3 Å². The number of unbranched alkanes of at least 4 members (excludes halogenated alkanes) is 1. The van der Waals surface area contributed by atoms with E-state index >= 15 is 0 Å². The molecule has 1 fully saturated rings. The summed E-state index contributed by atoms with van der Waals surface area (Å²) in [7, 11) is 0. The van der Waals surface area contributed by atoms with Crippen LogP contribution in [0.25, 0.3) is 0 Å². The molecule has 0 bridgehead atoms. The number of likely N-dealkylation sites (tertiary alicyclic amines) is 1. The lowest BCUT2D eigenvalue weighted by Gasteiger charge is -2.38. The summed E-state index contributed by atoms with van der Waals surface area (Å²) in [5.74, 6) is -0.341. The highest BCUT2D eigenvalue weighted by Crippen LogP contribution is 2.22. The van der Waals surface area contributed by atoms with Crippen LogP contribution >= 0.6 is 0 Å². The van der Waals surface area contributed by atoms with E-state index in [1.54, 1.807) is 0 Å². The molecule has 0 saturated carbocycles. The van der Waals surface area contributed by atoms with Crippen molar-refractivity contribution in [3.05, 3.63) is 0 Å². The van der Waals surface area contributed by atoms with Crippen molar-refractivity contribution in [3.63, 3.8) is 0 Å². The predicted octanol–water partition coefficient (Wildman–Crippen LogP) is 1.98. The lowest BCUT2D eigenvalue weighted by molar-refractivity contribution is -0.0243. The number of hydrogen-bond donors (Lipinski definition) is 0. The van der Waals surface area contributed by atoms with Crippen molar-refractivity contribution in [3.8, 4) is 0 Å². The highest BCUT2D eigenvalue weighted by Gasteiger charge is 2.32. The van der Waals surface area contributed by atoms with Crippen LogP contribution in [-0.2, 0) is 0 Å². The van der Waals surface area contributed by atoms with Crippen molar-refractivity contribution in [2.24, 2.45) is 5.92 Å². The van der Waals surface area contributed by atoms with Crippen LogP contribution in [0.5, 0.6) is 0 Å². The lowest BCUT2D eigenvalue weighted by Crippen LogP contribution is -2.49. The molecule has 0 spiro atoms. The number of alkyl halides is 2. The van der Waals surface area contributed by atoms with E-state index in [0.717, 1.165) is 19.4 Å². The van der Waals surface area contributed by atoms with Gasteiger partial charge in [0.05, 0.1) is 0 Å². The van der Waals surface area contributed by atoms with Crippen molar-refractivity contribution in [1.82, 2.24) is 4.90 Å². The summed E-state index contributed by atoms with van der Waals surface area (Å²) >= 11 is 0. The van der Waals surface area contributed by atoms with Crippen molar-refractivity contribution in [2.45, 2.75) is 26.2 Å². The Morgan fingerprint density at radius 1 is 1.45 bits per heavy atom. The largest absolute Gasteiger partial charge is 0.302 e. The minimum Gasteiger partial charge on any atom is -0.302 e. The Balaban J connectivity index is 2.00. The maximum atomic E-state index is 11.9. The molecule has 0 radical (unpaired) electrons. The summed E-state index contributed by atoms with van der Waals surface area (Å²) in [6.07, 6.45) is 0.180. The van der Waals surface area contributed by atoms with Gasteiger partial charge in [-0.05, 0) is 13.0 Å². The number of rotatable bonds is 4. The zero-order valence-corrected chi connectivity index (χ0v) is 6.89. The Bertz CT molecular complexity index is 111. The van der Waals surface area contributed by atoms with Crippen LogP contribution < -0.4 is 0 Å². The van der Waals surface area contributed by atoms with E-state index in [0.29, 0.717) is 13.1 Å². The van der Waals surface area contributed by atoms with Gasteiger partial charge in [0.1, 0.15) is 0 Å². The second-order valence-electron chi connectivity index (χ2n) is 3.21. The molecule has 0 N–H and O–H groups in total. The van der Waals surface area contributed by atoms with Gasteiger partial charge < -0.3 is 4.90 Å². The molecule has 0 aliphatic carbocycles. The zero-order valence-electron chi connectivity index (χ0n) is 6.89. The molecule has 1 aliphatic rings. The van der Waals surface area contributed by atoms with Crippen molar-refractivity contribution in [2.75, 3.05) is 19.6 Å². The van der Waals surface area contributed by atoms with Crippen LogP contribution in [0.3, 0.4) is 0 Å². The molecule has 1 heterocycles.